The maximum absolute atomic E-state index is 13.0. The van der Waals surface area contributed by atoms with Crippen LogP contribution in [0.2, 0.25) is 0 Å². The average Bonchev–Trinajstić information content (AvgIpc) is 3.58. The molecular weight excluding hydrogens is 402 g/mol. The lowest BCUT2D eigenvalue weighted by atomic mass is 9.95. The third-order valence-corrected chi connectivity index (χ3v) is 6.18. The van der Waals surface area contributed by atoms with E-state index in [0.717, 1.165) is 31.2 Å². The van der Waals surface area contributed by atoms with Gasteiger partial charge in [0.05, 0.1) is 0 Å². The highest BCUT2D eigenvalue weighted by atomic mass is 16.4. The second kappa shape index (κ2) is 8.99. The van der Waals surface area contributed by atoms with Gasteiger partial charge in [-0.05, 0) is 62.1 Å². The van der Waals surface area contributed by atoms with Crippen LogP contribution in [0.25, 0.3) is 11.5 Å². The molecule has 1 aromatic heterocycles. The Hall–Kier alpha value is -3.41. The predicted octanol–water partition coefficient (Wildman–Crippen LogP) is 5.53. The molecule has 6 heteroatoms. The number of anilines is 1. The van der Waals surface area contributed by atoms with Crippen LogP contribution in [0.3, 0.4) is 0 Å². The van der Waals surface area contributed by atoms with Crippen LogP contribution in [0, 0.1) is 0 Å². The first-order valence-electron chi connectivity index (χ1n) is 11.5. The van der Waals surface area contributed by atoms with E-state index in [2.05, 4.69) is 15.6 Å². The SMILES string of the molecule is O=C(NC1CCCCC1)c1ccc(NC(=O)c2nc(-c3ccccc3)oc2C2CC2)cc1. The van der Waals surface area contributed by atoms with E-state index < -0.39 is 0 Å². The zero-order valence-corrected chi connectivity index (χ0v) is 18.0. The molecule has 3 aromatic rings. The molecule has 2 aliphatic rings. The van der Waals surface area contributed by atoms with Gasteiger partial charge in [-0.2, -0.15) is 0 Å². The van der Waals surface area contributed by atoms with Gasteiger partial charge in [0, 0.05) is 28.8 Å². The van der Waals surface area contributed by atoms with E-state index in [0.29, 0.717) is 28.6 Å². The molecule has 2 saturated carbocycles. The minimum absolute atomic E-state index is 0.0604. The van der Waals surface area contributed by atoms with Gasteiger partial charge in [0.2, 0.25) is 5.89 Å². The molecule has 0 bridgehead atoms. The number of nitrogens with one attached hydrogen (secondary N) is 2. The minimum atomic E-state index is -0.294. The summed E-state index contributed by atoms with van der Waals surface area (Å²) in [7, 11) is 0. The molecule has 0 atom stereocenters. The fourth-order valence-electron chi connectivity index (χ4n) is 4.23. The van der Waals surface area contributed by atoms with Gasteiger partial charge in [-0.3, -0.25) is 9.59 Å². The molecule has 2 N–H and O–H groups in total. The van der Waals surface area contributed by atoms with Gasteiger partial charge in [-0.25, -0.2) is 4.98 Å². The van der Waals surface area contributed by atoms with E-state index in [1.54, 1.807) is 24.3 Å². The highest BCUT2D eigenvalue weighted by Gasteiger charge is 2.34. The summed E-state index contributed by atoms with van der Waals surface area (Å²) in [4.78, 5) is 30.0. The predicted molar refractivity (Wildman–Crippen MR) is 123 cm³/mol. The Morgan fingerprint density at radius 3 is 2.25 bits per heavy atom. The summed E-state index contributed by atoms with van der Waals surface area (Å²) in [6, 6.07) is 16.9. The van der Waals surface area contributed by atoms with Crippen LogP contribution in [0.1, 0.15) is 77.5 Å². The molecule has 0 saturated heterocycles. The monoisotopic (exact) mass is 429 g/mol. The van der Waals surface area contributed by atoms with Crippen LogP contribution in [0.5, 0.6) is 0 Å². The van der Waals surface area contributed by atoms with E-state index in [9.17, 15) is 9.59 Å². The van der Waals surface area contributed by atoms with E-state index in [-0.39, 0.29) is 23.8 Å². The van der Waals surface area contributed by atoms with Crippen LogP contribution in [-0.2, 0) is 0 Å². The number of carbonyl (C=O) groups excluding carboxylic acids is 2. The lowest BCUT2D eigenvalue weighted by Gasteiger charge is -2.22. The molecule has 0 aliphatic heterocycles. The molecule has 0 radical (unpaired) electrons. The number of carbonyl (C=O) groups is 2. The van der Waals surface area contributed by atoms with Crippen LogP contribution in [-0.4, -0.2) is 22.8 Å². The highest BCUT2D eigenvalue weighted by molar-refractivity contribution is 6.04. The summed E-state index contributed by atoms with van der Waals surface area (Å²) < 4.78 is 5.98. The van der Waals surface area contributed by atoms with Crippen molar-refractivity contribution in [1.29, 1.82) is 0 Å². The van der Waals surface area contributed by atoms with Crippen LogP contribution in [0.4, 0.5) is 5.69 Å². The molecule has 2 aliphatic carbocycles. The van der Waals surface area contributed by atoms with Gasteiger partial charge in [-0.1, -0.05) is 37.5 Å². The van der Waals surface area contributed by atoms with Crippen molar-refractivity contribution in [1.82, 2.24) is 10.3 Å². The molecule has 2 aromatic carbocycles. The van der Waals surface area contributed by atoms with Crippen molar-refractivity contribution in [2.45, 2.75) is 56.9 Å². The Morgan fingerprint density at radius 1 is 0.844 bits per heavy atom. The fourth-order valence-corrected chi connectivity index (χ4v) is 4.23. The smallest absolute Gasteiger partial charge is 0.277 e. The number of rotatable bonds is 6. The molecule has 0 spiro atoms. The lowest BCUT2D eigenvalue weighted by Crippen LogP contribution is -2.36. The normalized spacial score (nSPS) is 16.5. The van der Waals surface area contributed by atoms with Gasteiger partial charge in [-0.15, -0.1) is 0 Å². The second-order valence-corrected chi connectivity index (χ2v) is 8.71. The van der Waals surface area contributed by atoms with Crippen molar-refractivity contribution in [2.24, 2.45) is 0 Å². The van der Waals surface area contributed by atoms with E-state index >= 15 is 0 Å². The summed E-state index contributed by atoms with van der Waals surface area (Å²) in [6.07, 6.45) is 7.71. The Kier molecular flexibility index (Phi) is 5.75. The third-order valence-electron chi connectivity index (χ3n) is 6.18. The van der Waals surface area contributed by atoms with Crippen molar-refractivity contribution in [3.05, 3.63) is 71.6 Å². The molecular formula is C26H27N3O3. The van der Waals surface area contributed by atoms with Gasteiger partial charge >= 0.3 is 0 Å². The number of amides is 2. The second-order valence-electron chi connectivity index (χ2n) is 8.71. The molecule has 5 rings (SSSR count). The molecule has 6 nitrogen and oxygen atoms in total. The average molecular weight is 430 g/mol. The maximum Gasteiger partial charge on any atom is 0.277 e. The maximum atomic E-state index is 13.0. The van der Waals surface area contributed by atoms with Crippen molar-refractivity contribution in [2.75, 3.05) is 5.32 Å². The first kappa shape index (κ1) is 20.5. The summed E-state index contributed by atoms with van der Waals surface area (Å²) in [5, 5.41) is 6.02. The Labute approximate surface area is 187 Å². The van der Waals surface area contributed by atoms with Gasteiger partial charge in [0.25, 0.3) is 11.8 Å². The van der Waals surface area contributed by atoms with Gasteiger partial charge < -0.3 is 15.1 Å². The number of benzene rings is 2. The van der Waals surface area contributed by atoms with Gasteiger partial charge in [0.1, 0.15) is 5.76 Å². The van der Waals surface area contributed by atoms with Crippen molar-refractivity contribution in [3.63, 3.8) is 0 Å². The Balaban J connectivity index is 1.28. The minimum Gasteiger partial charge on any atom is -0.440 e. The fraction of sp³-hybridized carbons (Fsp3) is 0.346. The van der Waals surface area contributed by atoms with Crippen LogP contribution < -0.4 is 10.6 Å². The largest absolute Gasteiger partial charge is 0.440 e. The van der Waals surface area contributed by atoms with E-state index in [4.69, 9.17) is 4.42 Å². The van der Waals surface area contributed by atoms with Crippen molar-refractivity contribution in [3.8, 4) is 11.5 Å². The lowest BCUT2D eigenvalue weighted by molar-refractivity contribution is 0.0927. The van der Waals surface area contributed by atoms with E-state index in [1.165, 1.54) is 19.3 Å². The molecule has 0 unspecified atom stereocenters. The van der Waals surface area contributed by atoms with Crippen LogP contribution >= 0.6 is 0 Å². The Bertz CT molecular complexity index is 1100. The Morgan fingerprint density at radius 2 is 1.56 bits per heavy atom. The molecule has 164 valence electrons. The number of aromatic nitrogens is 1. The molecule has 32 heavy (non-hydrogen) atoms. The first-order chi connectivity index (χ1) is 15.7. The van der Waals surface area contributed by atoms with Crippen LogP contribution in [0.15, 0.2) is 59.0 Å². The molecule has 1 heterocycles. The number of nitrogens with zero attached hydrogens (tertiary/aromatic N) is 1. The van der Waals surface area contributed by atoms with Crippen molar-refractivity contribution >= 4 is 17.5 Å². The summed E-state index contributed by atoms with van der Waals surface area (Å²) in [5.41, 5.74) is 2.41. The highest BCUT2D eigenvalue weighted by Crippen LogP contribution is 2.43. The molecule has 2 fully saturated rings. The molecule has 2 amide bonds. The first-order valence-corrected chi connectivity index (χ1v) is 11.5. The van der Waals surface area contributed by atoms with E-state index in [1.807, 2.05) is 30.3 Å². The van der Waals surface area contributed by atoms with Crippen molar-refractivity contribution < 1.29 is 14.0 Å². The standard InChI is InChI=1S/C26H27N3O3/c30-24(27-20-9-5-2-6-10-20)18-13-15-21(16-14-18)28-25(31)22-23(17-11-12-17)32-26(29-22)19-7-3-1-4-8-19/h1,3-4,7-8,13-17,20H,2,5-6,9-12H2,(H,27,30)(H,28,31). The number of hydrogen-bond donors (Lipinski definition) is 2. The number of hydrogen-bond acceptors (Lipinski definition) is 4. The third kappa shape index (κ3) is 4.59. The topological polar surface area (TPSA) is 84.2 Å². The number of oxazole rings is 1. The zero-order valence-electron chi connectivity index (χ0n) is 18.0. The summed E-state index contributed by atoms with van der Waals surface area (Å²) in [5.74, 6) is 1.02. The zero-order chi connectivity index (χ0) is 21.9. The summed E-state index contributed by atoms with van der Waals surface area (Å²) >= 11 is 0. The summed E-state index contributed by atoms with van der Waals surface area (Å²) in [6.45, 7) is 0. The van der Waals surface area contributed by atoms with Gasteiger partial charge in [0.15, 0.2) is 5.69 Å². The quantitative estimate of drug-likeness (QED) is 0.539.